The summed E-state index contributed by atoms with van der Waals surface area (Å²) in [6.45, 7) is 0. The van der Waals surface area contributed by atoms with Gasteiger partial charge in [0.2, 0.25) is 5.88 Å². The second-order valence-electron chi connectivity index (χ2n) is 6.52. The van der Waals surface area contributed by atoms with E-state index in [2.05, 4.69) is 0 Å². The van der Waals surface area contributed by atoms with Gasteiger partial charge in [-0.3, -0.25) is 4.79 Å². The first kappa shape index (κ1) is 15.6. The molecule has 0 saturated heterocycles. The fraction of sp³-hybridized carbons (Fsp3) is 0.800. The average Bonchev–Trinajstić information content (AvgIpc) is 2.48. The third-order valence-corrected chi connectivity index (χ3v) is 6.96. The van der Waals surface area contributed by atoms with Gasteiger partial charge < -0.3 is 5.11 Å². The highest BCUT2D eigenvalue weighted by atomic mass is 32.2. The predicted octanol–water partition coefficient (Wildman–Crippen LogP) is 2.44. The molecule has 1 heterocycles. The number of carbonyl (C=O) groups excluding carboxylic acids is 1. The van der Waals surface area contributed by atoms with Crippen LogP contribution in [0.25, 0.3) is 0 Å². The molecule has 3 rings (SSSR count). The molecule has 0 atom stereocenters. The summed E-state index contributed by atoms with van der Waals surface area (Å²) in [5.74, 6) is -1.01. The second-order valence-corrected chi connectivity index (χ2v) is 8.21. The molecule has 6 nitrogen and oxygen atoms in total. The standard InChI is InChI=1S/C15H24N2O4S/c18-14-11-15(19)17(13-9-5-2-6-10-13)22(20,21)16(14)12-7-3-1-4-8-12/h11-13,18H,1-10H2. The topological polar surface area (TPSA) is 77.9 Å². The first-order chi connectivity index (χ1) is 10.5. The van der Waals surface area contributed by atoms with Gasteiger partial charge in [0.25, 0.3) is 5.91 Å². The molecule has 0 radical (unpaired) electrons. The molecule has 0 aromatic rings. The molecule has 1 N–H and O–H groups in total. The van der Waals surface area contributed by atoms with Crippen molar-refractivity contribution in [2.45, 2.75) is 76.3 Å². The van der Waals surface area contributed by atoms with Gasteiger partial charge in [-0.15, -0.1) is 0 Å². The van der Waals surface area contributed by atoms with Crippen LogP contribution in [0.1, 0.15) is 64.2 Å². The van der Waals surface area contributed by atoms with Crippen LogP contribution in [0.3, 0.4) is 0 Å². The minimum absolute atomic E-state index is 0.228. The van der Waals surface area contributed by atoms with Crippen LogP contribution in [0, 0.1) is 0 Å². The number of rotatable bonds is 2. The fourth-order valence-electron chi connectivity index (χ4n) is 3.94. The summed E-state index contributed by atoms with van der Waals surface area (Å²) in [7, 11) is -3.96. The minimum atomic E-state index is -3.96. The zero-order chi connectivity index (χ0) is 15.7. The summed E-state index contributed by atoms with van der Waals surface area (Å²) in [6, 6.07) is -0.490. The maximum atomic E-state index is 13.0. The molecule has 7 heteroatoms. The Morgan fingerprint density at radius 1 is 0.864 bits per heavy atom. The largest absolute Gasteiger partial charge is 0.494 e. The maximum absolute atomic E-state index is 13.0. The van der Waals surface area contributed by atoms with Crippen molar-refractivity contribution in [3.8, 4) is 0 Å². The normalized spacial score (nSPS) is 27.8. The van der Waals surface area contributed by atoms with E-state index in [9.17, 15) is 18.3 Å². The second kappa shape index (κ2) is 6.10. The molecule has 0 aromatic carbocycles. The van der Waals surface area contributed by atoms with Crippen molar-refractivity contribution in [2.75, 3.05) is 0 Å². The zero-order valence-corrected chi connectivity index (χ0v) is 13.6. The third-order valence-electron chi connectivity index (χ3n) is 5.01. The van der Waals surface area contributed by atoms with Gasteiger partial charge in [0.15, 0.2) is 0 Å². The highest BCUT2D eigenvalue weighted by molar-refractivity contribution is 7.87. The number of hydrogen-bond donors (Lipinski definition) is 1. The molecule has 1 aliphatic heterocycles. The minimum Gasteiger partial charge on any atom is -0.494 e. The lowest BCUT2D eigenvalue weighted by molar-refractivity contribution is -0.124. The average molecular weight is 328 g/mol. The summed E-state index contributed by atoms with van der Waals surface area (Å²) in [5.41, 5.74) is 0. The molecule has 3 aliphatic rings. The summed E-state index contributed by atoms with van der Waals surface area (Å²) < 4.78 is 28.1. The molecule has 0 spiro atoms. The molecule has 1 amide bonds. The van der Waals surface area contributed by atoms with Gasteiger partial charge in [-0.25, -0.2) is 8.61 Å². The van der Waals surface area contributed by atoms with E-state index in [1.165, 1.54) is 0 Å². The first-order valence-corrected chi connectivity index (χ1v) is 9.70. The van der Waals surface area contributed by atoms with E-state index >= 15 is 0 Å². The first-order valence-electron chi connectivity index (χ1n) is 8.30. The molecule has 2 fully saturated rings. The summed E-state index contributed by atoms with van der Waals surface area (Å²) >= 11 is 0. The number of carbonyl (C=O) groups is 1. The number of aliphatic hydroxyl groups is 1. The molecule has 22 heavy (non-hydrogen) atoms. The van der Waals surface area contributed by atoms with Crippen LogP contribution in [0.4, 0.5) is 0 Å². The Morgan fingerprint density at radius 3 is 1.82 bits per heavy atom. The zero-order valence-electron chi connectivity index (χ0n) is 12.8. The quantitative estimate of drug-likeness (QED) is 0.844. The van der Waals surface area contributed by atoms with Crippen molar-refractivity contribution in [3.63, 3.8) is 0 Å². The molecule has 0 unspecified atom stereocenters. The van der Waals surface area contributed by atoms with Crippen LogP contribution < -0.4 is 0 Å². The van der Waals surface area contributed by atoms with E-state index in [1.54, 1.807) is 0 Å². The molecule has 2 aliphatic carbocycles. The van der Waals surface area contributed by atoms with Crippen molar-refractivity contribution in [3.05, 3.63) is 12.0 Å². The predicted molar refractivity (Wildman–Crippen MR) is 82.1 cm³/mol. The highest BCUT2D eigenvalue weighted by Crippen LogP contribution is 2.34. The summed E-state index contributed by atoms with van der Waals surface area (Å²) in [6.07, 6.45) is 10.00. The highest BCUT2D eigenvalue weighted by Gasteiger charge is 2.46. The van der Waals surface area contributed by atoms with Gasteiger partial charge in [0.05, 0.1) is 6.08 Å². The smallest absolute Gasteiger partial charge is 0.331 e. The lowest BCUT2D eigenvalue weighted by Crippen LogP contribution is -2.57. The van der Waals surface area contributed by atoms with E-state index in [0.717, 1.165) is 78.9 Å². The van der Waals surface area contributed by atoms with Gasteiger partial charge in [-0.1, -0.05) is 38.5 Å². The summed E-state index contributed by atoms with van der Waals surface area (Å²) in [5, 5.41) is 10.1. The van der Waals surface area contributed by atoms with Crippen LogP contribution in [0.15, 0.2) is 12.0 Å². The Bertz CT molecular complexity index is 560. The van der Waals surface area contributed by atoms with Crippen molar-refractivity contribution in [1.29, 1.82) is 0 Å². The lowest BCUT2D eigenvalue weighted by atomic mass is 9.95. The third kappa shape index (κ3) is 2.71. The molecular formula is C15H24N2O4S. The number of amides is 1. The molecule has 0 aromatic heterocycles. The Morgan fingerprint density at radius 2 is 1.32 bits per heavy atom. The SMILES string of the molecule is O=C1C=C(O)N(C2CCCCC2)S(=O)(=O)N1C1CCCCC1. The van der Waals surface area contributed by atoms with Crippen LogP contribution >= 0.6 is 0 Å². The van der Waals surface area contributed by atoms with E-state index < -0.39 is 22.0 Å². The summed E-state index contributed by atoms with van der Waals surface area (Å²) in [4.78, 5) is 12.2. The Hall–Kier alpha value is -1.24. The van der Waals surface area contributed by atoms with Gasteiger partial charge in [-0.05, 0) is 25.7 Å². The number of nitrogens with zero attached hydrogens (tertiary/aromatic N) is 2. The van der Waals surface area contributed by atoms with E-state index in [4.69, 9.17) is 0 Å². The van der Waals surface area contributed by atoms with Crippen molar-refractivity contribution < 1.29 is 18.3 Å². The van der Waals surface area contributed by atoms with Crippen LogP contribution in [-0.4, -0.2) is 40.1 Å². The van der Waals surface area contributed by atoms with E-state index in [-0.39, 0.29) is 12.1 Å². The van der Waals surface area contributed by atoms with Crippen LogP contribution in [-0.2, 0) is 15.0 Å². The fourth-order valence-corrected chi connectivity index (χ4v) is 5.87. The van der Waals surface area contributed by atoms with Crippen molar-refractivity contribution in [1.82, 2.24) is 8.61 Å². The van der Waals surface area contributed by atoms with Gasteiger partial charge >= 0.3 is 10.2 Å². The van der Waals surface area contributed by atoms with Crippen molar-refractivity contribution in [2.24, 2.45) is 0 Å². The molecule has 124 valence electrons. The Balaban J connectivity index is 1.93. The Kier molecular flexibility index (Phi) is 4.34. The monoisotopic (exact) mass is 328 g/mol. The molecule has 2 saturated carbocycles. The Labute approximate surface area is 132 Å². The molecular weight excluding hydrogens is 304 g/mol. The lowest BCUT2D eigenvalue weighted by Gasteiger charge is -2.42. The maximum Gasteiger partial charge on any atom is 0.331 e. The van der Waals surface area contributed by atoms with Crippen LogP contribution in [0.5, 0.6) is 0 Å². The van der Waals surface area contributed by atoms with Crippen LogP contribution in [0.2, 0.25) is 0 Å². The van der Waals surface area contributed by atoms with Crippen molar-refractivity contribution >= 4 is 16.1 Å². The number of hydrogen-bond acceptors (Lipinski definition) is 4. The van der Waals surface area contributed by atoms with Gasteiger partial charge in [0.1, 0.15) is 0 Å². The van der Waals surface area contributed by atoms with Gasteiger partial charge in [0, 0.05) is 12.1 Å². The van der Waals surface area contributed by atoms with Gasteiger partial charge in [-0.2, -0.15) is 8.42 Å². The molecule has 0 bridgehead atoms. The number of aliphatic hydroxyl groups excluding tert-OH is 1. The van der Waals surface area contributed by atoms with E-state index in [1.807, 2.05) is 0 Å². The van der Waals surface area contributed by atoms with E-state index in [0.29, 0.717) is 0 Å².